The minimum absolute atomic E-state index is 0.327. The molecule has 19 heavy (non-hydrogen) atoms. The molecule has 0 aliphatic heterocycles. The second-order valence-electron chi connectivity index (χ2n) is 5.19. The Labute approximate surface area is 114 Å². The Morgan fingerprint density at radius 3 is 2.26 bits per heavy atom. The molecule has 1 fully saturated rings. The number of hydrogen-bond acceptors (Lipinski definition) is 1. The highest BCUT2D eigenvalue weighted by Gasteiger charge is 2.40. The van der Waals surface area contributed by atoms with Crippen LogP contribution in [0.25, 0.3) is 6.08 Å². The SMILES string of the molecule is OC(c1ccccc1)C1CC1/C=C/c1ccccc1. The summed E-state index contributed by atoms with van der Waals surface area (Å²) in [5, 5.41) is 10.3. The topological polar surface area (TPSA) is 20.2 Å². The molecule has 1 heteroatoms. The third-order valence-electron chi connectivity index (χ3n) is 3.77. The van der Waals surface area contributed by atoms with E-state index in [1.165, 1.54) is 5.56 Å². The Kier molecular flexibility index (Phi) is 3.47. The molecule has 96 valence electrons. The smallest absolute Gasteiger partial charge is 0.0824 e. The lowest BCUT2D eigenvalue weighted by molar-refractivity contribution is 0.150. The summed E-state index contributed by atoms with van der Waals surface area (Å²) in [6.45, 7) is 0. The maximum atomic E-state index is 10.3. The fourth-order valence-corrected chi connectivity index (χ4v) is 2.52. The van der Waals surface area contributed by atoms with E-state index in [-0.39, 0.29) is 6.10 Å². The van der Waals surface area contributed by atoms with Crippen molar-refractivity contribution in [3.8, 4) is 0 Å². The fourth-order valence-electron chi connectivity index (χ4n) is 2.52. The monoisotopic (exact) mass is 250 g/mol. The van der Waals surface area contributed by atoms with Crippen LogP contribution in [0.3, 0.4) is 0 Å². The molecule has 0 heterocycles. The molecule has 0 aromatic heterocycles. The van der Waals surface area contributed by atoms with Crippen LogP contribution < -0.4 is 0 Å². The molecular formula is C18H18O. The molecule has 1 nitrogen and oxygen atoms in total. The minimum atomic E-state index is -0.327. The molecule has 3 atom stereocenters. The number of benzene rings is 2. The Morgan fingerprint density at radius 2 is 1.58 bits per heavy atom. The highest BCUT2D eigenvalue weighted by atomic mass is 16.3. The molecule has 1 N–H and O–H groups in total. The van der Waals surface area contributed by atoms with Crippen LogP contribution in [-0.4, -0.2) is 5.11 Å². The fraction of sp³-hybridized carbons (Fsp3) is 0.222. The normalized spacial score (nSPS) is 23.4. The highest BCUT2D eigenvalue weighted by Crippen LogP contribution is 2.48. The highest BCUT2D eigenvalue weighted by molar-refractivity contribution is 5.49. The van der Waals surface area contributed by atoms with Gasteiger partial charge in [0, 0.05) is 0 Å². The van der Waals surface area contributed by atoms with Crippen molar-refractivity contribution in [2.24, 2.45) is 11.8 Å². The molecule has 1 saturated carbocycles. The van der Waals surface area contributed by atoms with E-state index in [0.717, 1.165) is 12.0 Å². The lowest BCUT2D eigenvalue weighted by atomic mass is 10.0. The molecule has 0 saturated heterocycles. The van der Waals surface area contributed by atoms with E-state index in [0.29, 0.717) is 11.8 Å². The van der Waals surface area contributed by atoms with E-state index >= 15 is 0 Å². The van der Waals surface area contributed by atoms with Crippen LogP contribution >= 0.6 is 0 Å². The lowest BCUT2D eigenvalue weighted by Gasteiger charge is -2.09. The summed E-state index contributed by atoms with van der Waals surface area (Å²) in [5.41, 5.74) is 2.26. The zero-order valence-corrected chi connectivity index (χ0v) is 10.8. The second-order valence-corrected chi connectivity index (χ2v) is 5.19. The summed E-state index contributed by atoms with van der Waals surface area (Å²) in [4.78, 5) is 0. The maximum absolute atomic E-state index is 10.3. The summed E-state index contributed by atoms with van der Waals surface area (Å²) in [7, 11) is 0. The van der Waals surface area contributed by atoms with Crippen molar-refractivity contribution in [1.82, 2.24) is 0 Å². The van der Waals surface area contributed by atoms with E-state index in [4.69, 9.17) is 0 Å². The van der Waals surface area contributed by atoms with E-state index in [9.17, 15) is 5.11 Å². The van der Waals surface area contributed by atoms with Crippen LogP contribution in [0.2, 0.25) is 0 Å². The van der Waals surface area contributed by atoms with Gasteiger partial charge in [-0.2, -0.15) is 0 Å². The van der Waals surface area contributed by atoms with Crippen molar-refractivity contribution < 1.29 is 5.11 Å². The van der Waals surface area contributed by atoms with Crippen LogP contribution in [0.4, 0.5) is 0 Å². The van der Waals surface area contributed by atoms with Crippen LogP contribution in [-0.2, 0) is 0 Å². The Balaban J connectivity index is 1.61. The van der Waals surface area contributed by atoms with Gasteiger partial charge in [0.1, 0.15) is 0 Å². The van der Waals surface area contributed by atoms with Gasteiger partial charge in [-0.15, -0.1) is 0 Å². The van der Waals surface area contributed by atoms with E-state index in [2.05, 4.69) is 24.3 Å². The first kappa shape index (κ1) is 12.2. The van der Waals surface area contributed by atoms with Crippen molar-refractivity contribution >= 4 is 6.08 Å². The number of allylic oxidation sites excluding steroid dienone is 1. The van der Waals surface area contributed by atoms with Gasteiger partial charge in [0.25, 0.3) is 0 Å². The van der Waals surface area contributed by atoms with E-state index in [1.54, 1.807) is 0 Å². The number of rotatable bonds is 4. The maximum Gasteiger partial charge on any atom is 0.0824 e. The van der Waals surface area contributed by atoms with Crippen LogP contribution in [0.15, 0.2) is 66.7 Å². The molecule has 0 spiro atoms. The number of hydrogen-bond donors (Lipinski definition) is 1. The number of aliphatic hydroxyl groups excluding tert-OH is 1. The Morgan fingerprint density at radius 1 is 0.947 bits per heavy atom. The second kappa shape index (κ2) is 5.41. The Hall–Kier alpha value is -1.86. The largest absolute Gasteiger partial charge is 0.388 e. The molecule has 3 unspecified atom stereocenters. The van der Waals surface area contributed by atoms with Gasteiger partial charge in [0.05, 0.1) is 6.10 Å². The van der Waals surface area contributed by atoms with Crippen molar-refractivity contribution in [3.05, 3.63) is 77.9 Å². The van der Waals surface area contributed by atoms with Gasteiger partial charge in [-0.05, 0) is 29.4 Å². The van der Waals surface area contributed by atoms with Crippen LogP contribution in [0.1, 0.15) is 23.7 Å². The quantitative estimate of drug-likeness (QED) is 0.867. The van der Waals surface area contributed by atoms with Crippen molar-refractivity contribution in [1.29, 1.82) is 0 Å². The zero-order chi connectivity index (χ0) is 13.1. The zero-order valence-electron chi connectivity index (χ0n) is 10.8. The predicted molar refractivity (Wildman–Crippen MR) is 78.5 cm³/mol. The summed E-state index contributed by atoms with van der Waals surface area (Å²) >= 11 is 0. The molecule has 0 radical (unpaired) electrons. The average molecular weight is 250 g/mol. The Bertz CT molecular complexity index is 544. The van der Waals surface area contributed by atoms with Gasteiger partial charge in [0.2, 0.25) is 0 Å². The van der Waals surface area contributed by atoms with Gasteiger partial charge in [-0.25, -0.2) is 0 Å². The van der Waals surface area contributed by atoms with E-state index < -0.39 is 0 Å². The first-order chi connectivity index (χ1) is 9.34. The third kappa shape index (κ3) is 2.94. The van der Waals surface area contributed by atoms with Gasteiger partial charge < -0.3 is 5.11 Å². The molecule has 2 aromatic rings. The van der Waals surface area contributed by atoms with Crippen LogP contribution in [0, 0.1) is 11.8 Å². The average Bonchev–Trinajstić information content (AvgIpc) is 3.26. The molecule has 1 aliphatic rings. The summed E-state index contributed by atoms with van der Waals surface area (Å²) < 4.78 is 0. The van der Waals surface area contributed by atoms with Crippen molar-refractivity contribution in [2.45, 2.75) is 12.5 Å². The van der Waals surface area contributed by atoms with Gasteiger partial charge >= 0.3 is 0 Å². The molecule has 3 rings (SSSR count). The predicted octanol–water partition coefficient (Wildman–Crippen LogP) is 4.07. The van der Waals surface area contributed by atoms with Crippen molar-refractivity contribution in [2.75, 3.05) is 0 Å². The number of aliphatic hydroxyl groups is 1. The summed E-state index contributed by atoms with van der Waals surface area (Å²) in [6.07, 6.45) is 5.14. The van der Waals surface area contributed by atoms with E-state index in [1.807, 2.05) is 48.5 Å². The molecule has 0 bridgehead atoms. The van der Waals surface area contributed by atoms with Gasteiger partial charge in [-0.1, -0.05) is 72.8 Å². The first-order valence-corrected chi connectivity index (χ1v) is 6.81. The van der Waals surface area contributed by atoms with Crippen molar-refractivity contribution in [3.63, 3.8) is 0 Å². The molecule has 0 amide bonds. The van der Waals surface area contributed by atoms with Gasteiger partial charge in [-0.3, -0.25) is 0 Å². The summed E-state index contributed by atoms with van der Waals surface area (Å²) in [6, 6.07) is 20.3. The molecule has 2 aromatic carbocycles. The first-order valence-electron chi connectivity index (χ1n) is 6.81. The van der Waals surface area contributed by atoms with Crippen LogP contribution in [0.5, 0.6) is 0 Å². The summed E-state index contributed by atoms with van der Waals surface area (Å²) in [5.74, 6) is 0.887. The minimum Gasteiger partial charge on any atom is -0.388 e. The molecular weight excluding hydrogens is 232 g/mol. The lowest BCUT2D eigenvalue weighted by Crippen LogP contribution is -2.00. The van der Waals surface area contributed by atoms with Gasteiger partial charge in [0.15, 0.2) is 0 Å². The third-order valence-corrected chi connectivity index (χ3v) is 3.77. The molecule has 1 aliphatic carbocycles. The standard InChI is InChI=1S/C18H18O/c19-18(15-9-5-2-6-10-15)17-13-16(17)12-11-14-7-3-1-4-8-14/h1-12,16-19H,13H2/b12-11+.